The second-order valence-electron chi connectivity index (χ2n) is 6.46. The van der Waals surface area contributed by atoms with Crippen LogP contribution in [0.3, 0.4) is 0 Å². The number of nitrogens with one attached hydrogen (secondary N) is 1. The van der Waals surface area contributed by atoms with Gasteiger partial charge in [0, 0.05) is 12.2 Å². The minimum atomic E-state index is -0.164. The number of aromatic nitrogens is 1. The minimum absolute atomic E-state index is 0.0580. The van der Waals surface area contributed by atoms with E-state index in [-0.39, 0.29) is 24.1 Å². The molecule has 3 rings (SSSR count). The van der Waals surface area contributed by atoms with Gasteiger partial charge in [0.25, 0.3) is 5.56 Å². The molecule has 1 aromatic heterocycles. The molecule has 1 aliphatic rings. The molecule has 0 unspecified atom stereocenters. The lowest BCUT2D eigenvalue weighted by molar-refractivity contribution is -0.122. The van der Waals surface area contributed by atoms with Gasteiger partial charge in [-0.15, -0.1) is 0 Å². The van der Waals surface area contributed by atoms with Crippen molar-refractivity contribution >= 4 is 16.7 Å². The molecule has 1 N–H and O–H groups in total. The van der Waals surface area contributed by atoms with Gasteiger partial charge in [-0.3, -0.25) is 9.59 Å². The topological polar surface area (TPSA) is 60.3 Å². The van der Waals surface area contributed by atoms with E-state index < -0.39 is 0 Å². The van der Waals surface area contributed by atoms with Crippen LogP contribution in [0.25, 0.3) is 10.8 Å². The summed E-state index contributed by atoms with van der Waals surface area (Å²) in [7, 11) is 1.57. The Morgan fingerprint density at radius 2 is 1.96 bits per heavy atom. The number of amides is 1. The van der Waals surface area contributed by atoms with Gasteiger partial charge in [0.15, 0.2) is 0 Å². The van der Waals surface area contributed by atoms with Crippen LogP contribution < -0.4 is 15.6 Å². The molecule has 24 heavy (non-hydrogen) atoms. The van der Waals surface area contributed by atoms with Crippen molar-refractivity contribution < 1.29 is 9.53 Å². The molecule has 5 heteroatoms. The van der Waals surface area contributed by atoms with E-state index in [1.165, 1.54) is 30.3 Å². The summed E-state index contributed by atoms with van der Waals surface area (Å²) >= 11 is 0. The average molecular weight is 328 g/mol. The number of pyridine rings is 1. The van der Waals surface area contributed by atoms with Crippen LogP contribution in [-0.4, -0.2) is 23.6 Å². The highest BCUT2D eigenvalue weighted by Crippen LogP contribution is 2.18. The van der Waals surface area contributed by atoms with Gasteiger partial charge in [-0.1, -0.05) is 31.7 Å². The third kappa shape index (κ3) is 3.78. The molecule has 0 bridgehead atoms. The van der Waals surface area contributed by atoms with E-state index in [4.69, 9.17) is 4.74 Å². The highest BCUT2D eigenvalue weighted by Gasteiger charge is 2.15. The molecule has 0 radical (unpaired) electrons. The molecule has 5 nitrogen and oxygen atoms in total. The number of methoxy groups -OCH3 is 1. The molecular weight excluding hydrogens is 304 g/mol. The lowest BCUT2D eigenvalue weighted by Crippen LogP contribution is -2.38. The zero-order valence-corrected chi connectivity index (χ0v) is 14.1. The van der Waals surface area contributed by atoms with Crippen LogP contribution in [-0.2, 0) is 11.3 Å². The van der Waals surface area contributed by atoms with Crippen LogP contribution in [0.4, 0.5) is 0 Å². The van der Waals surface area contributed by atoms with Crippen molar-refractivity contribution in [2.45, 2.75) is 51.1 Å². The maximum absolute atomic E-state index is 12.6. The summed E-state index contributed by atoms with van der Waals surface area (Å²) in [4.78, 5) is 24.9. The number of hydrogen-bond acceptors (Lipinski definition) is 3. The average Bonchev–Trinajstić information content (AvgIpc) is 2.86. The third-order valence-corrected chi connectivity index (χ3v) is 4.72. The van der Waals surface area contributed by atoms with Crippen LogP contribution in [0.2, 0.25) is 0 Å². The molecule has 1 saturated carbocycles. The van der Waals surface area contributed by atoms with Gasteiger partial charge >= 0.3 is 0 Å². The molecule has 2 aromatic rings. The lowest BCUT2D eigenvalue weighted by atomic mass is 10.1. The van der Waals surface area contributed by atoms with Crippen LogP contribution in [0, 0.1) is 0 Å². The number of rotatable bonds is 4. The first-order chi connectivity index (χ1) is 11.7. The Kier molecular flexibility index (Phi) is 5.18. The number of nitrogens with zero attached hydrogens (tertiary/aromatic N) is 1. The monoisotopic (exact) mass is 328 g/mol. The number of hydrogen-bond donors (Lipinski definition) is 1. The Hall–Kier alpha value is -2.30. The smallest absolute Gasteiger partial charge is 0.259 e. The van der Waals surface area contributed by atoms with Crippen molar-refractivity contribution in [2.75, 3.05) is 7.11 Å². The van der Waals surface area contributed by atoms with Gasteiger partial charge in [-0.25, -0.2) is 0 Å². The molecular formula is C19H24N2O3. The standard InChI is InChI=1S/C19H24N2O3/c1-24-16-9-8-14-10-11-21(19(23)17(14)12-16)13-18(22)20-15-6-4-2-3-5-7-15/h8-12,15H,2-7,13H2,1H3,(H,20,22). The molecule has 0 spiro atoms. The van der Waals surface area contributed by atoms with Crippen molar-refractivity contribution in [3.05, 3.63) is 40.8 Å². The van der Waals surface area contributed by atoms with Crippen LogP contribution >= 0.6 is 0 Å². The summed E-state index contributed by atoms with van der Waals surface area (Å²) in [5.74, 6) is 0.548. The van der Waals surface area contributed by atoms with Gasteiger partial charge in [0.1, 0.15) is 12.3 Å². The fourth-order valence-electron chi connectivity index (χ4n) is 3.36. The molecule has 0 atom stereocenters. The molecule has 0 saturated heterocycles. The highest BCUT2D eigenvalue weighted by molar-refractivity contribution is 5.83. The molecule has 1 aliphatic carbocycles. The normalized spacial score (nSPS) is 15.9. The first kappa shape index (κ1) is 16.6. The van der Waals surface area contributed by atoms with Gasteiger partial charge in [0.05, 0.1) is 12.5 Å². The highest BCUT2D eigenvalue weighted by atomic mass is 16.5. The van der Waals surface area contributed by atoms with Gasteiger partial charge in [0.2, 0.25) is 5.91 Å². The molecule has 1 amide bonds. The van der Waals surface area contributed by atoms with Crippen LogP contribution in [0.1, 0.15) is 38.5 Å². The number of carbonyl (C=O) groups excluding carboxylic acids is 1. The summed E-state index contributed by atoms with van der Waals surface area (Å²) < 4.78 is 6.65. The Bertz CT molecular complexity index is 774. The largest absolute Gasteiger partial charge is 0.497 e. The molecule has 1 heterocycles. The lowest BCUT2D eigenvalue weighted by Gasteiger charge is -2.16. The van der Waals surface area contributed by atoms with E-state index in [9.17, 15) is 9.59 Å². The van der Waals surface area contributed by atoms with E-state index in [0.717, 1.165) is 18.2 Å². The van der Waals surface area contributed by atoms with Crippen LogP contribution in [0.5, 0.6) is 5.75 Å². The summed E-state index contributed by atoms with van der Waals surface area (Å²) in [6.45, 7) is 0.0580. The minimum Gasteiger partial charge on any atom is -0.497 e. The molecule has 0 aliphatic heterocycles. The fourth-order valence-corrected chi connectivity index (χ4v) is 3.36. The van der Waals surface area contributed by atoms with E-state index in [1.54, 1.807) is 19.4 Å². The molecule has 128 valence electrons. The van der Waals surface area contributed by atoms with E-state index >= 15 is 0 Å². The maximum atomic E-state index is 12.6. The number of carbonyl (C=O) groups is 1. The van der Waals surface area contributed by atoms with Crippen molar-refractivity contribution in [3.8, 4) is 5.75 Å². The van der Waals surface area contributed by atoms with Crippen molar-refractivity contribution in [3.63, 3.8) is 0 Å². The Morgan fingerprint density at radius 1 is 1.21 bits per heavy atom. The Morgan fingerprint density at radius 3 is 2.67 bits per heavy atom. The van der Waals surface area contributed by atoms with E-state index in [1.807, 2.05) is 18.2 Å². The van der Waals surface area contributed by atoms with E-state index in [0.29, 0.717) is 11.1 Å². The van der Waals surface area contributed by atoms with Gasteiger partial charge < -0.3 is 14.6 Å². The third-order valence-electron chi connectivity index (χ3n) is 4.72. The summed E-state index contributed by atoms with van der Waals surface area (Å²) in [6.07, 6.45) is 8.59. The first-order valence-corrected chi connectivity index (χ1v) is 8.64. The van der Waals surface area contributed by atoms with Crippen molar-refractivity contribution in [1.29, 1.82) is 0 Å². The van der Waals surface area contributed by atoms with Gasteiger partial charge in [-0.05, 0) is 36.4 Å². The summed E-state index contributed by atoms with van der Waals surface area (Å²) in [6, 6.07) is 7.50. The predicted molar refractivity (Wildman–Crippen MR) is 94.4 cm³/mol. The van der Waals surface area contributed by atoms with Gasteiger partial charge in [-0.2, -0.15) is 0 Å². The SMILES string of the molecule is COc1ccc2ccn(CC(=O)NC3CCCCCC3)c(=O)c2c1. The number of fused-ring (bicyclic) bond motifs is 1. The summed E-state index contributed by atoms with van der Waals surface area (Å²) in [5.41, 5.74) is -0.164. The van der Waals surface area contributed by atoms with Crippen molar-refractivity contribution in [2.24, 2.45) is 0 Å². The first-order valence-electron chi connectivity index (χ1n) is 8.64. The maximum Gasteiger partial charge on any atom is 0.259 e. The fraction of sp³-hybridized carbons (Fsp3) is 0.474. The zero-order valence-electron chi connectivity index (χ0n) is 14.1. The quantitative estimate of drug-likeness (QED) is 0.878. The zero-order chi connectivity index (χ0) is 16.9. The molecule has 1 fully saturated rings. The second-order valence-corrected chi connectivity index (χ2v) is 6.46. The van der Waals surface area contributed by atoms with E-state index in [2.05, 4.69) is 5.32 Å². The Labute approximate surface area is 141 Å². The van der Waals surface area contributed by atoms with Crippen LogP contribution in [0.15, 0.2) is 35.3 Å². The van der Waals surface area contributed by atoms with Crippen molar-refractivity contribution in [1.82, 2.24) is 9.88 Å². The second kappa shape index (κ2) is 7.51. The number of benzene rings is 1. The predicted octanol–water partition coefficient (Wildman–Crippen LogP) is 2.85. The summed E-state index contributed by atoms with van der Waals surface area (Å²) in [5, 5.41) is 4.50. The Balaban J connectivity index is 1.75. The number of ether oxygens (including phenoxy) is 1. The molecule has 1 aromatic carbocycles.